The van der Waals surface area contributed by atoms with Gasteiger partial charge in [0.15, 0.2) is 0 Å². The van der Waals surface area contributed by atoms with Crippen molar-refractivity contribution in [2.45, 2.75) is 69.4 Å². The average molecular weight is 305 g/mol. The SMILES string of the molecule is CNC(CCOCC(F)F)C1CCOC2(CCCCC2)C1. The number of alkyl halides is 2. The van der Waals surface area contributed by atoms with Crippen molar-refractivity contribution >= 4 is 0 Å². The zero-order valence-electron chi connectivity index (χ0n) is 13.1. The van der Waals surface area contributed by atoms with Gasteiger partial charge in [0.2, 0.25) is 0 Å². The van der Waals surface area contributed by atoms with E-state index in [4.69, 9.17) is 9.47 Å². The molecule has 1 saturated heterocycles. The molecular weight excluding hydrogens is 276 g/mol. The van der Waals surface area contributed by atoms with E-state index in [2.05, 4.69) is 5.32 Å². The van der Waals surface area contributed by atoms with E-state index in [1.165, 1.54) is 32.1 Å². The van der Waals surface area contributed by atoms with Crippen molar-refractivity contribution in [1.82, 2.24) is 5.32 Å². The summed E-state index contributed by atoms with van der Waals surface area (Å²) in [5.41, 5.74) is 0.0973. The summed E-state index contributed by atoms with van der Waals surface area (Å²) in [5, 5.41) is 3.36. The molecule has 2 aliphatic rings. The number of hydrogen-bond donors (Lipinski definition) is 1. The van der Waals surface area contributed by atoms with Gasteiger partial charge >= 0.3 is 0 Å². The van der Waals surface area contributed by atoms with Gasteiger partial charge in [-0.25, -0.2) is 8.78 Å². The molecule has 1 aliphatic heterocycles. The van der Waals surface area contributed by atoms with Gasteiger partial charge in [-0.2, -0.15) is 0 Å². The Morgan fingerprint density at radius 1 is 1.29 bits per heavy atom. The van der Waals surface area contributed by atoms with Crippen LogP contribution in [-0.4, -0.2) is 44.9 Å². The molecule has 0 aromatic heterocycles. The molecule has 1 spiro atoms. The van der Waals surface area contributed by atoms with Gasteiger partial charge in [0, 0.05) is 19.3 Å². The molecule has 0 aromatic carbocycles. The van der Waals surface area contributed by atoms with Crippen molar-refractivity contribution < 1.29 is 18.3 Å². The van der Waals surface area contributed by atoms with Crippen molar-refractivity contribution in [2.75, 3.05) is 26.9 Å². The number of rotatable bonds is 7. The Bertz CT molecular complexity index is 290. The fourth-order valence-electron chi connectivity index (χ4n) is 3.95. The number of nitrogens with one attached hydrogen (secondary N) is 1. The van der Waals surface area contributed by atoms with E-state index >= 15 is 0 Å². The number of hydrogen-bond acceptors (Lipinski definition) is 3. The Balaban J connectivity index is 1.80. The largest absolute Gasteiger partial charge is 0.375 e. The highest BCUT2D eigenvalue weighted by Gasteiger charge is 2.40. The lowest BCUT2D eigenvalue weighted by molar-refractivity contribution is -0.122. The standard InChI is InChI=1S/C16H29F2NO2/c1-19-14(6-9-20-12-15(17)18)13-5-10-21-16(11-13)7-3-2-4-8-16/h13-15,19H,2-12H2,1H3. The molecule has 1 N–H and O–H groups in total. The number of halogens is 2. The minimum Gasteiger partial charge on any atom is -0.375 e. The van der Waals surface area contributed by atoms with Crippen LogP contribution in [0, 0.1) is 5.92 Å². The number of ether oxygens (including phenoxy) is 2. The second-order valence-corrected chi connectivity index (χ2v) is 6.49. The summed E-state index contributed by atoms with van der Waals surface area (Å²) in [5.74, 6) is 0.567. The Kier molecular flexibility index (Phi) is 6.83. The summed E-state index contributed by atoms with van der Waals surface area (Å²) < 4.78 is 35.3. The topological polar surface area (TPSA) is 30.5 Å². The first-order valence-corrected chi connectivity index (χ1v) is 8.32. The van der Waals surface area contributed by atoms with Crippen molar-refractivity contribution in [3.63, 3.8) is 0 Å². The molecule has 1 aliphatic carbocycles. The fourth-order valence-corrected chi connectivity index (χ4v) is 3.95. The van der Waals surface area contributed by atoms with Crippen LogP contribution < -0.4 is 5.32 Å². The smallest absolute Gasteiger partial charge is 0.261 e. The highest BCUT2D eigenvalue weighted by atomic mass is 19.3. The van der Waals surface area contributed by atoms with Gasteiger partial charge in [-0.05, 0) is 45.1 Å². The van der Waals surface area contributed by atoms with Gasteiger partial charge < -0.3 is 14.8 Å². The van der Waals surface area contributed by atoms with E-state index in [9.17, 15) is 8.78 Å². The van der Waals surface area contributed by atoms with Crippen LogP contribution in [-0.2, 0) is 9.47 Å². The van der Waals surface area contributed by atoms with Crippen molar-refractivity contribution in [3.05, 3.63) is 0 Å². The first-order valence-electron chi connectivity index (χ1n) is 8.32. The molecule has 2 rings (SSSR count). The van der Waals surface area contributed by atoms with Gasteiger partial charge in [-0.1, -0.05) is 19.3 Å². The third kappa shape index (κ3) is 5.15. The average Bonchev–Trinajstić information content (AvgIpc) is 2.48. The molecule has 0 amide bonds. The van der Waals surface area contributed by atoms with Crippen molar-refractivity contribution in [3.8, 4) is 0 Å². The van der Waals surface area contributed by atoms with Gasteiger partial charge in [-0.15, -0.1) is 0 Å². The van der Waals surface area contributed by atoms with Crippen LogP contribution in [0.3, 0.4) is 0 Å². The molecule has 2 unspecified atom stereocenters. The maximum absolute atomic E-state index is 12.1. The lowest BCUT2D eigenvalue weighted by Gasteiger charge is -2.45. The summed E-state index contributed by atoms with van der Waals surface area (Å²) in [7, 11) is 1.96. The molecule has 0 aromatic rings. The summed E-state index contributed by atoms with van der Waals surface area (Å²) >= 11 is 0. The summed E-state index contributed by atoms with van der Waals surface area (Å²) in [6, 6.07) is 0.338. The second kappa shape index (κ2) is 8.39. The van der Waals surface area contributed by atoms with Crippen LogP contribution in [0.15, 0.2) is 0 Å². The van der Waals surface area contributed by atoms with E-state index < -0.39 is 13.0 Å². The Labute approximate surface area is 126 Å². The zero-order chi connectivity index (χ0) is 15.1. The van der Waals surface area contributed by atoms with Crippen LogP contribution in [0.1, 0.15) is 51.4 Å². The maximum Gasteiger partial charge on any atom is 0.261 e. The van der Waals surface area contributed by atoms with E-state index in [0.717, 1.165) is 25.9 Å². The van der Waals surface area contributed by atoms with Crippen LogP contribution in [0.5, 0.6) is 0 Å². The quantitative estimate of drug-likeness (QED) is 0.732. The highest BCUT2D eigenvalue weighted by Crippen LogP contribution is 2.41. The maximum atomic E-state index is 12.1. The summed E-state index contributed by atoms with van der Waals surface area (Å²) in [6.07, 6.45) is 6.82. The molecule has 0 bridgehead atoms. The lowest BCUT2D eigenvalue weighted by Crippen LogP contribution is -2.47. The van der Waals surface area contributed by atoms with Crippen LogP contribution >= 0.6 is 0 Å². The van der Waals surface area contributed by atoms with Gasteiger partial charge in [-0.3, -0.25) is 0 Å². The molecule has 1 heterocycles. The molecule has 124 valence electrons. The predicted molar refractivity (Wildman–Crippen MR) is 78.8 cm³/mol. The van der Waals surface area contributed by atoms with E-state index in [0.29, 0.717) is 18.6 Å². The first kappa shape index (κ1) is 17.1. The molecule has 21 heavy (non-hydrogen) atoms. The fraction of sp³-hybridized carbons (Fsp3) is 1.00. The summed E-state index contributed by atoms with van der Waals surface area (Å²) in [6.45, 7) is 0.787. The minimum absolute atomic E-state index is 0.0973. The molecule has 5 heteroatoms. The minimum atomic E-state index is -2.37. The molecule has 2 atom stereocenters. The molecule has 3 nitrogen and oxygen atoms in total. The zero-order valence-corrected chi connectivity index (χ0v) is 13.1. The summed E-state index contributed by atoms with van der Waals surface area (Å²) in [4.78, 5) is 0. The van der Waals surface area contributed by atoms with E-state index in [1.54, 1.807) is 0 Å². The third-order valence-corrected chi connectivity index (χ3v) is 5.05. The van der Waals surface area contributed by atoms with E-state index in [-0.39, 0.29) is 5.60 Å². The van der Waals surface area contributed by atoms with Gasteiger partial charge in [0.25, 0.3) is 6.43 Å². The van der Waals surface area contributed by atoms with Gasteiger partial charge in [0.05, 0.1) is 5.60 Å². The Morgan fingerprint density at radius 3 is 2.71 bits per heavy atom. The second-order valence-electron chi connectivity index (χ2n) is 6.49. The van der Waals surface area contributed by atoms with Crippen LogP contribution in [0.25, 0.3) is 0 Å². The van der Waals surface area contributed by atoms with Gasteiger partial charge in [0.1, 0.15) is 6.61 Å². The predicted octanol–water partition coefficient (Wildman–Crippen LogP) is 3.38. The van der Waals surface area contributed by atoms with Crippen LogP contribution in [0.2, 0.25) is 0 Å². The lowest BCUT2D eigenvalue weighted by atomic mass is 9.73. The first-order chi connectivity index (χ1) is 10.2. The Hall–Kier alpha value is -0.260. The molecule has 0 radical (unpaired) electrons. The van der Waals surface area contributed by atoms with Crippen molar-refractivity contribution in [2.24, 2.45) is 5.92 Å². The van der Waals surface area contributed by atoms with E-state index in [1.807, 2.05) is 7.05 Å². The molecular formula is C16H29F2NO2. The monoisotopic (exact) mass is 305 g/mol. The normalized spacial score (nSPS) is 27.1. The third-order valence-electron chi connectivity index (χ3n) is 5.05. The molecule has 2 fully saturated rings. The van der Waals surface area contributed by atoms with Crippen LogP contribution in [0.4, 0.5) is 8.78 Å². The Morgan fingerprint density at radius 2 is 2.05 bits per heavy atom. The highest BCUT2D eigenvalue weighted by molar-refractivity contribution is 4.92. The van der Waals surface area contributed by atoms with Crippen molar-refractivity contribution in [1.29, 1.82) is 0 Å². The molecule has 1 saturated carbocycles.